The van der Waals surface area contributed by atoms with E-state index in [9.17, 15) is 14.3 Å². The lowest BCUT2D eigenvalue weighted by molar-refractivity contribution is -0.181. The number of aliphatic hydroxyl groups excluding tert-OH is 1. The van der Waals surface area contributed by atoms with Crippen LogP contribution in [0.25, 0.3) is 6.08 Å². The molecular formula is C27H32FN5O5. The topological polar surface area (TPSA) is 124 Å². The van der Waals surface area contributed by atoms with Crippen LogP contribution in [0, 0.1) is 18.0 Å². The molecule has 0 amide bonds. The van der Waals surface area contributed by atoms with Crippen LogP contribution in [0.1, 0.15) is 44.1 Å². The van der Waals surface area contributed by atoms with Crippen LogP contribution in [0.4, 0.5) is 10.1 Å². The minimum Gasteiger partial charge on any atom is -0.481 e. The lowest BCUT2D eigenvalue weighted by Crippen LogP contribution is -2.26. The van der Waals surface area contributed by atoms with Gasteiger partial charge in [0.1, 0.15) is 23.5 Å². The fraction of sp³-hybridized carbons (Fsp3) is 0.296. The maximum atomic E-state index is 13.5. The Morgan fingerprint density at radius 2 is 2.00 bits per heavy atom. The summed E-state index contributed by atoms with van der Waals surface area (Å²) in [5, 5.41) is 23.9. The van der Waals surface area contributed by atoms with E-state index in [1.54, 1.807) is 38.4 Å². The largest absolute Gasteiger partial charge is 0.481 e. The molecule has 0 atom stereocenters. The Kier molecular flexibility index (Phi) is 12.5. The van der Waals surface area contributed by atoms with E-state index in [0.29, 0.717) is 54.5 Å². The zero-order valence-electron chi connectivity index (χ0n) is 21.6. The molecule has 38 heavy (non-hydrogen) atoms. The number of hydrogen-bond acceptors (Lipinski definition) is 8. The number of carboxylic acids is 1. The van der Waals surface area contributed by atoms with Crippen molar-refractivity contribution in [2.75, 3.05) is 19.0 Å². The summed E-state index contributed by atoms with van der Waals surface area (Å²) in [5.41, 5.74) is 5.03. The van der Waals surface area contributed by atoms with Crippen molar-refractivity contribution in [3.63, 3.8) is 0 Å². The summed E-state index contributed by atoms with van der Waals surface area (Å²) >= 11 is 0. The number of nitrogens with zero attached hydrogens (tertiary/aromatic N) is 4. The van der Waals surface area contributed by atoms with Crippen molar-refractivity contribution in [3.05, 3.63) is 77.6 Å². The molecule has 202 valence electrons. The fourth-order valence-corrected chi connectivity index (χ4v) is 3.08. The number of benzene rings is 1. The van der Waals surface area contributed by atoms with Gasteiger partial charge in [-0.1, -0.05) is 17.8 Å². The predicted octanol–water partition coefficient (Wildman–Crippen LogP) is 4.63. The summed E-state index contributed by atoms with van der Waals surface area (Å²) in [6, 6.07) is 9.89. The van der Waals surface area contributed by atoms with Crippen LogP contribution in [-0.2, 0) is 16.3 Å². The standard InChI is InChI=1S/C27H32FN5O5/c1-5-20(2)25(15-12-22-18-24(37-31-22)19-29-38-32(3)4)30-26(8-6-7-9-27(35)36)33(16-17-34)23-13-10-21(28)11-14-23/h5,10-15,18,29,34H,1,6-9,19H2,2-4H3,(H,35,36)/b15-12+,25-20+,30-26?. The first-order valence-corrected chi connectivity index (χ1v) is 11.8. The maximum absolute atomic E-state index is 13.5. The van der Waals surface area contributed by atoms with E-state index in [0.717, 1.165) is 5.57 Å². The van der Waals surface area contributed by atoms with Gasteiger partial charge in [-0.25, -0.2) is 14.3 Å². The van der Waals surface area contributed by atoms with Crippen molar-refractivity contribution in [2.45, 2.75) is 39.2 Å². The second-order valence-corrected chi connectivity index (χ2v) is 8.21. The molecule has 1 aromatic carbocycles. The van der Waals surface area contributed by atoms with E-state index in [2.05, 4.69) is 23.3 Å². The molecule has 1 aromatic heterocycles. The van der Waals surface area contributed by atoms with Gasteiger partial charge in [0.25, 0.3) is 0 Å². The van der Waals surface area contributed by atoms with E-state index in [4.69, 9.17) is 19.6 Å². The van der Waals surface area contributed by atoms with Crippen LogP contribution in [0.2, 0.25) is 0 Å². The highest BCUT2D eigenvalue weighted by atomic mass is 19.1. The van der Waals surface area contributed by atoms with Crippen molar-refractivity contribution in [2.24, 2.45) is 4.99 Å². The Labute approximate surface area is 221 Å². The van der Waals surface area contributed by atoms with Crippen molar-refractivity contribution < 1.29 is 28.9 Å². The number of allylic oxidation sites excluding steroid dienone is 3. The van der Waals surface area contributed by atoms with Crippen LogP contribution >= 0.6 is 0 Å². The van der Waals surface area contributed by atoms with Crippen LogP contribution in [0.3, 0.4) is 0 Å². The number of hydroxylamine groups is 3. The number of carboxylic acid groups (broad SMARTS) is 1. The molecule has 0 aliphatic rings. The molecule has 0 bridgehead atoms. The Hall–Kier alpha value is -4.24. The predicted molar refractivity (Wildman–Crippen MR) is 142 cm³/mol. The van der Waals surface area contributed by atoms with E-state index >= 15 is 0 Å². The summed E-state index contributed by atoms with van der Waals surface area (Å²) in [7, 11) is 3.48. The number of aliphatic imine (C=N–C) groups is 1. The highest BCUT2D eigenvalue weighted by Crippen LogP contribution is 2.21. The van der Waals surface area contributed by atoms with Crippen molar-refractivity contribution in [3.8, 4) is 12.2 Å². The normalized spacial score (nSPS) is 12.3. The lowest BCUT2D eigenvalue weighted by atomic mass is 10.1. The molecule has 10 nitrogen and oxygen atoms in total. The quantitative estimate of drug-likeness (QED) is 0.0616. The molecule has 0 aliphatic carbocycles. The maximum Gasteiger partial charge on any atom is 0.303 e. The number of halogens is 1. The minimum atomic E-state index is -0.893. The van der Waals surface area contributed by atoms with Gasteiger partial charge in [0, 0.05) is 33.0 Å². The van der Waals surface area contributed by atoms with Gasteiger partial charge < -0.3 is 14.7 Å². The van der Waals surface area contributed by atoms with Crippen LogP contribution in [0.15, 0.2) is 69.8 Å². The zero-order chi connectivity index (χ0) is 27.9. The Morgan fingerprint density at radius 1 is 1.29 bits per heavy atom. The Morgan fingerprint density at radius 3 is 2.63 bits per heavy atom. The van der Waals surface area contributed by atoms with E-state index in [1.807, 2.05) is 13.0 Å². The monoisotopic (exact) mass is 525 g/mol. The van der Waals surface area contributed by atoms with Gasteiger partial charge in [-0.2, -0.15) is 10.5 Å². The van der Waals surface area contributed by atoms with Crippen LogP contribution in [0.5, 0.6) is 0 Å². The Bertz CT molecular complexity index is 1220. The molecule has 0 saturated heterocycles. The zero-order valence-corrected chi connectivity index (χ0v) is 21.6. The minimum absolute atomic E-state index is 0.00667. The summed E-state index contributed by atoms with van der Waals surface area (Å²) in [6.45, 7) is 5.96. The summed E-state index contributed by atoms with van der Waals surface area (Å²) in [4.78, 5) is 22.3. The number of anilines is 1. The number of rotatable bonds is 14. The summed E-state index contributed by atoms with van der Waals surface area (Å²) in [6.07, 6.45) is 8.23. The third-order valence-corrected chi connectivity index (χ3v) is 4.99. The first-order valence-electron chi connectivity index (χ1n) is 11.8. The highest BCUT2D eigenvalue weighted by molar-refractivity contribution is 6.01. The number of amidine groups is 1. The Balaban J connectivity index is 2.39. The SMILES string of the molecule is C=C/C(C)=C(\C=C\c1cc(CNON(C)C)on1)N=C(CCCCC(=O)O)N(C#CO)c1ccc(F)cc1. The fourth-order valence-electron chi connectivity index (χ4n) is 3.08. The van der Waals surface area contributed by atoms with E-state index in [1.165, 1.54) is 34.2 Å². The lowest BCUT2D eigenvalue weighted by Gasteiger charge is -2.20. The second kappa shape index (κ2) is 15.8. The molecule has 0 aliphatic heterocycles. The van der Waals surface area contributed by atoms with Crippen LogP contribution < -0.4 is 10.4 Å². The number of aliphatic carboxylic acids is 1. The van der Waals surface area contributed by atoms with Crippen molar-refractivity contribution in [1.82, 2.24) is 15.7 Å². The van der Waals surface area contributed by atoms with E-state index < -0.39 is 11.8 Å². The number of aromatic nitrogens is 1. The average Bonchev–Trinajstić information content (AvgIpc) is 3.34. The molecule has 1 heterocycles. The molecule has 0 spiro atoms. The number of unbranched alkanes of at least 4 members (excludes halogenated alkanes) is 1. The van der Waals surface area contributed by atoms with Crippen LogP contribution in [-0.4, -0.2) is 46.3 Å². The molecule has 3 N–H and O–H groups in total. The molecule has 0 radical (unpaired) electrons. The molecule has 0 saturated carbocycles. The van der Waals surface area contributed by atoms with Gasteiger partial charge in [0.15, 0.2) is 5.76 Å². The van der Waals surface area contributed by atoms with Gasteiger partial charge in [-0.3, -0.25) is 9.69 Å². The van der Waals surface area contributed by atoms with Gasteiger partial charge in [-0.15, -0.1) is 0 Å². The van der Waals surface area contributed by atoms with E-state index in [-0.39, 0.29) is 6.42 Å². The van der Waals surface area contributed by atoms with Gasteiger partial charge in [-0.05, 0) is 61.8 Å². The number of aliphatic hydroxyl groups is 1. The van der Waals surface area contributed by atoms with Crippen molar-refractivity contribution >= 4 is 23.6 Å². The first kappa shape index (κ1) is 30.0. The molecule has 0 fully saturated rings. The third-order valence-electron chi connectivity index (χ3n) is 4.99. The summed E-state index contributed by atoms with van der Waals surface area (Å²) in [5.74, 6) is -0.335. The highest BCUT2D eigenvalue weighted by Gasteiger charge is 2.14. The first-order chi connectivity index (χ1) is 18.2. The van der Waals surface area contributed by atoms with Gasteiger partial charge >= 0.3 is 5.97 Å². The van der Waals surface area contributed by atoms with Gasteiger partial charge in [0.05, 0.1) is 24.0 Å². The molecular weight excluding hydrogens is 493 g/mol. The smallest absolute Gasteiger partial charge is 0.303 e. The number of hydrogen-bond donors (Lipinski definition) is 3. The second-order valence-electron chi connectivity index (χ2n) is 8.21. The van der Waals surface area contributed by atoms with Crippen molar-refractivity contribution in [1.29, 1.82) is 0 Å². The molecule has 2 rings (SSSR count). The molecule has 0 unspecified atom stereocenters. The number of carbonyl (C=O) groups is 1. The average molecular weight is 526 g/mol. The molecule has 2 aromatic rings. The molecule has 11 heteroatoms. The third kappa shape index (κ3) is 10.4. The number of nitrogens with one attached hydrogen (secondary N) is 1. The summed E-state index contributed by atoms with van der Waals surface area (Å²) < 4.78 is 18.8. The van der Waals surface area contributed by atoms with Gasteiger partial charge in [0.2, 0.25) is 0 Å².